The Labute approximate surface area is 207 Å². The zero-order valence-electron chi connectivity index (χ0n) is 17.2. The Kier molecular flexibility index (Phi) is 6.96. The van der Waals surface area contributed by atoms with Crippen molar-refractivity contribution in [1.82, 2.24) is 19.6 Å². The van der Waals surface area contributed by atoms with Crippen molar-refractivity contribution in [2.24, 2.45) is 0 Å². The predicted molar refractivity (Wildman–Crippen MR) is 126 cm³/mol. The second-order valence-corrected chi connectivity index (χ2v) is 9.77. The van der Waals surface area contributed by atoms with Gasteiger partial charge in [0.2, 0.25) is 0 Å². The van der Waals surface area contributed by atoms with E-state index in [0.717, 1.165) is 18.7 Å². The zero-order chi connectivity index (χ0) is 23.9. The van der Waals surface area contributed by atoms with Gasteiger partial charge in [-0.3, -0.25) is 4.40 Å². The lowest BCUT2D eigenvalue weighted by Crippen LogP contribution is -2.39. The fourth-order valence-electron chi connectivity index (χ4n) is 3.65. The van der Waals surface area contributed by atoms with Gasteiger partial charge in [0.1, 0.15) is 16.9 Å². The van der Waals surface area contributed by atoms with Crippen LogP contribution in [0.25, 0.3) is 16.9 Å². The number of carbonyl (C=O) groups excluding carboxylic acids is 1. The van der Waals surface area contributed by atoms with E-state index < -0.39 is 17.1 Å². The molecule has 4 rings (SSSR count). The van der Waals surface area contributed by atoms with Crippen LogP contribution in [-0.2, 0) is 6.18 Å². The third kappa shape index (κ3) is 4.60. The SMILES string of the molecule is CCCNC(=O)N1CCS[C@H]1c1nc(-c2c(Cl)cccc2Cl)n2cc(C(F)(F)F)cc(Cl)c12. The van der Waals surface area contributed by atoms with E-state index in [1.54, 1.807) is 23.1 Å². The van der Waals surface area contributed by atoms with Gasteiger partial charge < -0.3 is 10.2 Å². The van der Waals surface area contributed by atoms with Gasteiger partial charge in [0, 0.05) is 25.0 Å². The summed E-state index contributed by atoms with van der Waals surface area (Å²) in [5.41, 5.74) is -0.0235. The van der Waals surface area contributed by atoms with Crippen LogP contribution in [0, 0.1) is 0 Å². The molecule has 0 aliphatic carbocycles. The molecule has 1 aromatic carbocycles. The highest BCUT2D eigenvalue weighted by Crippen LogP contribution is 2.45. The number of hydrogen-bond donors (Lipinski definition) is 1. The van der Waals surface area contributed by atoms with Gasteiger partial charge in [-0.05, 0) is 24.6 Å². The quantitative estimate of drug-likeness (QED) is 0.385. The van der Waals surface area contributed by atoms with Gasteiger partial charge in [-0.2, -0.15) is 13.2 Å². The molecule has 1 aliphatic rings. The maximum atomic E-state index is 13.6. The molecule has 0 bridgehead atoms. The second kappa shape index (κ2) is 9.44. The molecule has 2 amide bonds. The molecule has 5 nitrogen and oxygen atoms in total. The number of rotatable bonds is 4. The van der Waals surface area contributed by atoms with Gasteiger partial charge in [0.25, 0.3) is 0 Å². The summed E-state index contributed by atoms with van der Waals surface area (Å²) in [7, 11) is 0. The molecule has 33 heavy (non-hydrogen) atoms. The molecule has 1 saturated heterocycles. The highest BCUT2D eigenvalue weighted by molar-refractivity contribution is 7.99. The molecule has 0 saturated carbocycles. The number of benzene rings is 1. The molecule has 12 heteroatoms. The summed E-state index contributed by atoms with van der Waals surface area (Å²) in [6, 6.07) is 5.38. The van der Waals surface area contributed by atoms with E-state index in [2.05, 4.69) is 10.3 Å². The van der Waals surface area contributed by atoms with Gasteiger partial charge in [-0.25, -0.2) is 9.78 Å². The van der Waals surface area contributed by atoms with Crippen molar-refractivity contribution in [3.63, 3.8) is 0 Å². The predicted octanol–water partition coefficient (Wildman–Crippen LogP) is 7.15. The van der Waals surface area contributed by atoms with Crippen molar-refractivity contribution >= 4 is 58.1 Å². The van der Waals surface area contributed by atoms with Crippen molar-refractivity contribution in [2.75, 3.05) is 18.8 Å². The summed E-state index contributed by atoms with van der Waals surface area (Å²) in [4.78, 5) is 19.0. The summed E-state index contributed by atoms with van der Waals surface area (Å²) in [6.07, 6.45) is -2.93. The monoisotopic (exact) mass is 536 g/mol. The summed E-state index contributed by atoms with van der Waals surface area (Å²) < 4.78 is 42.0. The second-order valence-electron chi connectivity index (χ2n) is 7.36. The highest BCUT2D eigenvalue weighted by Gasteiger charge is 2.37. The number of hydrogen-bond acceptors (Lipinski definition) is 3. The van der Waals surface area contributed by atoms with Crippen LogP contribution in [0.15, 0.2) is 30.5 Å². The lowest BCUT2D eigenvalue weighted by Gasteiger charge is -2.23. The average molecular weight is 538 g/mol. The van der Waals surface area contributed by atoms with Crippen molar-refractivity contribution in [3.05, 3.63) is 56.8 Å². The summed E-state index contributed by atoms with van der Waals surface area (Å²) in [6.45, 7) is 2.91. The molecule has 176 valence electrons. The number of amides is 2. The fraction of sp³-hybridized carbons (Fsp3) is 0.333. The Hall–Kier alpha value is -1.81. The molecule has 1 fully saturated rings. The van der Waals surface area contributed by atoms with Gasteiger partial charge in [-0.15, -0.1) is 11.8 Å². The third-order valence-electron chi connectivity index (χ3n) is 5.14. The van der Waals surface area contributed by atoms with E-state index in [1.165, 1.54) is 16.2 Å². The van der Waals surface area contributed by atoms with Gasteiger partial charge in [0.15, 0.2) is 0 Å². The van der Waals surface area contributed by atoms with Crippen molar-refractivity contribution in [2.45, 2.75) is 24.9 Å². The average Bonchev–Trinajstić information content (AvgIpc) is 3.36. The van der Waals surface area contributed by atoms with Crippen LogP contribution in [0.3, 0.4) is 0 Å². The van der Waals surface area contributed by atoms with Crippen LogP contribution in [0.2, 0.25) is 15.1 Å². The first-order valence-corrected chi connectivity index (χ1v) is 12.2. The van der Waals surface area contributed by atoms with E-state index in [9.17, 15) is 18.0 Å². The minimum Gasteiger partial charge on any atom is -0.338 e. The Balaban J connectivity index is 1.95. The van der Waals surface area contributed by atoms with E-state index in [-0.39, 0.29) is 38.0 Å². The number of urea groups is 1. The number of fused-ring (bicyclic) bond motifs is 1. The highest BCUT2D eigenvalue weighted by atomic mass is 35.5. The minimum absolute atomic E-state index is 0.116. The van der Waals surface area contributed by atoms with Crippen molar-refractivity contribution in [3.8, 4) is 11.4 Å². The van der Waals surface area contributed by atoms with E-state index in [4.69, 9.17) is 34.8 Å². The van der Waals surface area contributed by atoms with E-state index in [0.29, 0.717) is 24.5 Å². The minimum atomic E-state index is -4.63. The molecule has 3 aromatic rings. The van der Waals surface area contributed by atoms with Gasteiger partial charge in [-0.1, -0.05) is 47.8 Å². The Morgan fingerprint density at radius 2 is 1.94 bits per heavy atom. The number of thioether (sulfide) groups is 1. The van der Waals surface area contributed by atoms with Crippen LogP contribution in [0.1, 0.15) is 30.0 Å². The zero-order valence-corrected chi connectivity index (χ0v) is 20.3. The first-order valence-electron chi connectivity index (χ1n) is 10.0. The molecule has 0 spiro atoms. The lowest BCUT2D eigenvalue weighted by molar-refractivity contribution is -0.137. The molecule has 3 heterocycles. The Morgan fingerprint density at radius 3 is 2.58 bits per heavy atom. The molecular weight excluding hydrogens is 520 g/mol. The Morgan fingerprint density at radius 1 is 1.24 bits per heavy atom. The van der Waals surface area contributed by atoms with Crippen LogP contribution >= 0.6 is 46.6 Å². The number of aromatic nitrogens is 2. The molecule has 2 aromatic heterocycles. The number of alkyl halides is 3. The number of imidazole rings is 1. The maximum Gasteiger partial charge on any atom is 0.417 e. The third-order valence-corrected chi connectivity index (χ3v) is 7.27. The smallest absolute Gasteiger partial charge is 0.338 e. The molecule has 1 aliphatic heterocycles. The molecular formula is C21H18Cl3F3N4OS. The van der Waals surface area contributed by atoms with Crippen LogP contribution < -0.4 is 5.32 Å². The standard InChI is InChI=1S/C21H18Cl3F3N4OS/c1-2-6-28-20(32)30-7-8-33-19(30)16-17-14(24)9-11(21(25,26)27)10-31(17)18(29-16)15-12(22)4-3-5-13(15)23/h3-5,9-10,19H,2,6-8H2,1H3,(H,28,32)/t19-/m0/s1. The molecule has 1 atom stereocenters. The summed E-state index contributed by atoms with van der Waals surface area (Å²) in [5, 5.41) is 2.62. The normalized spacial score (nSPS) is 16.6. The van der Waals surface area contributed by atoms with Crippen molar-refractivity contribution in [1.29, 1.82) is 0 Å². The number of carbonyl (C=O) groups is 1. The number of pyridine rings is 1. The van der Waals surface area contributed by atoms with Crippen LogP contribution in [0.4, 0.5) is 18.0 Å². The molecule has 0 unspecified atom stereocenters. The van der Waals surface area contributed by atoms with E-state index in [1.807, 2.05) is 6.92 Å². The number of nitrogens with zero attached hydrogens (tertiary/aromatic N) is 3. The maximum absolute atomic E-state index is 13.6. The number of halogens is 6. The summed E-state index contributed by atoms with van der Waals surface area (Å²) in [5.74, 6) is 0.758. The van der Waals surface area contributed by atoms with Gasteiger partial charge in [0.05, 0.1) is 31.7 Å². The van der Waals surface area contributed by atoms with Crippen LogP contribution in [0.5, 0.6) is 0 Å². The van der Waals surface area contributed by atoms with Crippen LogP contribution in [-0.4, -0.2) is 39.2 Å². The molecule has 1 N–H and O–H groups in total. The van der Waals surface area contributed by atoms with E-state index >= 15 is 0 Å². The number of nitrogens with one attached hydrogen (secondary N) is 1. The lowest BCUT2D eigenvalue weighted by atomic mass is 10.2. The summed E-state index contributed by atoms with van der Waals surface area (Å²) >= 11 is 20.6. The van der Waals surface area contributed by atoms with Gasteiger partial charge >= 0.3 is 12.2 Å². The fourth-order valence-corrected chi connectivity index (χ4v) is 5.75. The Bertz CT molecular complexity index is 1200. The first-order chi connectivity index (χ1) is 15.6. The topological polar surface area (TPSA) is 49.6 Å². The largest absolute Gasteiger partial charge is 0.417 e. The van der Waals surface area contributed by atoms with Crippen molar-refractivity contribution < 1.29 is 18.0 Å². The first kappa shape index (κ1) is 24.3. The molecule has 0 radical (unpaired) electrons.